The van der Waals surface area contributed by atoms with Gasteiger partial charge in [-0.1, -0.05) is 0 Å². The molecule has 0 atom stereocenters. The molecule has 1 aromatic carbocycles. The summed E-state index contributed by atoms with van der Waals surface area (Å²) >= 11 is 0. The van der Waals surface area contributed by atoms with Gasteiger partial charge in [0.05, 0.1) is 0 Å². The van der Waals surface area contributed by atoms with Gasteiger partial charge in [0.2, 0.25) is 0 Å². The molecule has 0 radical (unpaired) electrons. The Morgan fingerprint density at radius 3 is 1.85 bits per heavy atom. The summed E-state index contributed by atoms with van der Waals surface area (Å²) in [4.78, 5) is 10.8. The van der Waals surface area contributed by atoms with E-state index in [-0.39, 0.29) is 16.8 Å². The zero-order valence-corrected chi connectivity index (χ0v) is 6.90. The minimum Gasteiger partial charge on any atom is -0.508 e. The summed E-state index contributed by atoms with van der Waals surface area (Å²) in [6, 6.07) is 1.99. The molecule has 0 aliphatic heterocycles. The fourth-order valence-electron chi connectivity index (χ4n) is 0.958. The maximum Gasteiger partial charge on any atom is 0.167 e. The van der Waals surface area contributed by atoms with Crippen molar-refractivity contribution in [3.05, 3.63) is 17.7 Å². The number of carbonyl (C=O) groups excluding carboxylic acids is 1. The van der Waals surface area contributed by atoms with Gasteiger partial charge in [-0.15, -0.1) is 0 Å². The number of hydrogen-bond donors (Lipinski definition) is 3. The Kier molecular flexibility index (Phi) is 3.26. The average Bonchev–Trinajstić information content (AvgIpc) is 1.82. The lowest BCUT2D eigenvalue weighted by Crippen LogP contribution is -1.92. The van der Waals surface area contributed by atoms with Crippen LogP contribution in [0.3, 0.4) is 0 Å². The molecule has 0 fully saturated rings. The molecular formula is C8H10O5. The van der Waals surface area contributed by atoms with Crippen LogP contribution >= 0.6 is 0 Å². The summed E-state index contributed by atoms with van der Waals surface area (Å²) in [5, 5.41) is 27.1. The molecule has 0 saturated heterocycles. The number of ketones is 1. The van der Waals surface area contributed by atoms with Gasteiger partial charge >= 0.3 is 0 Å². The first-order valence-electron chi connectivity index (χ1n) is 3.28. The zero-order valence-electron chi connectivity index (χ0n) is 6.90. The molecule has 1 rings (SSSR count). The molecule has 5 heteroatoms. The third kappa shape index (κ3) is 2.09. The first kappa shape index (κ1) is 11.2. The number of phenolic OH excluding ortho intramolecular Hbond substituents is 3. The van der Waals surface area contributed by atoms with E-state index in [0.717, 1.165) is 12.1 Å². The summed E-state index contributed by atoms with van der Waals surface area (Å²) in [5.41, 5.74) is -0.173. The van der Waals surface area contributed by atoms with Crippen molar-refractivity contribution < 1.29 is 25.6 Å². The predicted octanol–water partition coefficient (Wildman–Crippen LogP) is 0.181. The van der Waals surface area contributed by atoms with Gasteiger partial charge in [-0.05, 0) is 6.92 Å². The molecule has 0 bridgehead atoms. The SMILES string of the molecule is CC(=O)c1c(O)cc(O)cc1O.O. The van der Waals surface area contributed by atoms with Gasteiger partial charge in [0.25, 0.3) is 0 Å². The van der Waals surface area contributed by atoms with Gasteiger partial charge in [-0.3, -0.25) is 4.79 Å². The monoisotopic (exact) mass is 186 g/mol. The lowest BCUT2D eigenvalue weighted by molar-refractivity contribution is 0.101. The summed E-state index contributed by atoms with van der Waals surface area (Å²) in [7, 11) is 0. The lowest BCUT2D eigenvalue weighted by Gasteiger charge is -2.03. The van der Waals surface area contributed by atoms with Crippen molar-refractivity contribution in [3.63, 3.8) is 0 Å². The number of carbonyl (C=O) groups is 1. The number of rotatable bonds is 1. The van der Waals surface area contributed by atoms with E-state index >= 15 is 0 Å². The van der Waals surface area contributed by atoms with E-state index in [1.807, 2.05) is 0 Å². The van der Waals surface area contributed by atoms with Crippen LogP contribution in [0.15, 0.2) is 12.1 Å². The highest BCUT2D eigenvalue weighted by molar-refractivity contribution is 5.99. The van der Waals surface area contributed by atoms with Gasteiger partial charge in [0.1, 0.15) is 22.8 Å². The average molecular weight is 186 g/mol. The fourth-order valence-corrected chi connectivity index (χ4v) is 0.958. The molecule has 1 aromatic rings. The van der Waals surface area contributed by atoms with E-state index in [0.29, 0.717) is 0 Å². The maximum atomic E-state index is 10.8. The second kappa shape index (κ2) is 3.77. The molecule has 13 heavy (non-hydrogen) atoms. The summed E-state index contributed by atoms with van der Waals surface area (Å²) in [6.45, 7) is 1.21. The van der Waals surface area contributed by atoms with Crippen LogP contribution in [0.25, 0.3) is 0 Å². The van der Waals surface area contributed by atoms with Gasteiger partial charge in [-0.25, -0.2) is 0 Å². The molecule has 0 saturated carbocycles. The van der Waals surface area contributed by atoms with Crippen molar-refractivity contribution in [2.45, 2.75) is 6.92 Å². The number of phenols is 3. The molecule has 0 aromatic heterocycles. The molecule has 5 nitrogen and oxygen atoms in total. The Balaban J connectivity index is 0.00000144. The molecule has 0 unspecified atom stereocenters. The Labute approximate surface area is 74.2 Å². The van der Waals surface area contributed by atoms with Crippen molar-refractivity contribution in [2.24, 2.45) is 0 Å². The number of hydrogen-bond acceptors (Lipinski definition) is 4. The minimum absolute atomic E-state index is 0. The van der Waals surface area contributed by atoms with E-state index in [1.165, 1.54) is 6.92 Å². The highest BCUT2D eigenvalue weighted by atomic mass is 16.3. The molecule has 5 N–H and O–H groups in total. The normalized spacial score (nSPS) is 9.00. The van der Waals surface area contributed by atoms with Crippen LogP contribution in [0.4, 0.5) is 0 Å². The highest BCUT2D eigenvalue weighted by Gasteiger charge is 2.13. The Hall–Kier alpha value is -1.75. The van der Waals surface area contributed by atoms with E-state index in [2.05, 4.69) is 0 Å². The van der Waals surface area contributed by atoms with Crippen LogP contribution in [-0.2, 0) is 0 Å². The first-order valence-corrected chi connectivity index (χ1v) is 3.28. The molecule has 0 heterocycles. The van der Waals surface area contributed by atoms with E-state index in [9.17, 15) is 4.79 Å². The van der Waals surface area contributed by atoms with Crippen LogP contribution in [0.1, 0.15) is 17.3 Å². The molecule has 0 amide bonds. The Bertz CT molecular complexity index is 308. The zero-order chi connectivity index (χ0) is 9.30. The van der Waals surface area contributed by atoms with Gasteiger partial charge in [0, 0.05) is 12.1 Å². The number of aromatic hydroxyl groups is 3. The second-order valence-corrected chi connectivity index (χ2v) is 2.42. The van der Waals surface area contributed by atoms with Crippen LogP contribution < -0.4 is 0 Å². The molecule has 0 spiro atoms. The number of Topliss-reactive ketones (excluding diaryl/α,β-unsaturated/α-hetero) is 1. The third-order valence-electron chi connectivity index (χ3n) is 1.43. The van der Waals surface area contributed by atoms with Crippen molar-refractivity contribution in [1.82, 2.24) is 0 Å². The third-order valence-corrected chi connectivity index (χ3v) is 1.43. The van der Waals surface area contributed by atoms with Crippen LogP contribution in [0.2, 0.25) is 0 Å². The van der Waals surface area contributed by atoms with E-state index in [1.54, 1.807) is 0 Å². The standard InChI is InChI=1S/C8H8O4.H2O/c1-4(9)8-6(11)2-5(10)3-7(8)12;/h2-3,10-12H,1H3;1H2. The molecule has 0 aliphatic rings. The lowest BCUT2D eigenvalue weighted by atomic mass is 10.1. The fraction of sp³-hybridized carbons (Fsp3) is 0.125. The van der Waals surface area contributed by atoms with Crippen molar-refractivity contribution in [3.8, 4) is 17.2 Å². The van der Waals surface area contributed by atoms with Crippen LogP contribution in [0, 0.1) is 0 Å². The van der Waals surface area contributed by atoms with Gasteiger partial charge in [-0.2, -0.15) is 0 Å². The first-order chi connectivity index (χ1) is 5.52. The summed E-state index contributed by atoms with van der Waals surface area (Å²) in [5.74, 6) is -1.57. The summed E-state index contributed by atoms with van der Waals surface area (Å²) in [6.07, 6.45) is 0. The molecular weight excluding hydrogens is 176 g/mol. The smallest absolute Gasteiger partial charge is 0.167 e. The van der Waals surface area contributed by atoms with Gasteiger partial charge in [0.15, 0.2) is 5.78 Å². The number of benzene rings is 1. The van der Waals surface area contributed by atoms with Crippen molar-refractivity contribution in [2.75, 3.05) is 0 Å². The second-order valence-electron chi connectivity index (χ2n) is 2.42. The topological polar surface area (TPSA) is 109 Å². The predicted molar refractivity (Wildman–Crippen MR) is 45.1 cm³/mol. The summed E-state index contributed by atoms with van der Waals surface area (Å²) < 4.78 is 0. The van der Waals surface area contributed by atoms with E-state index < -0.39 is 17.3 Å². The van der Waals surface area contributed by atoms with Crippen molar-refractivity contribution in [1.29, 1.82) is 0 Å². The Morgan fingerprint density at radius 1 is 1.15 bits per heavy atom. The quantitative estimate of drug-likeness (QED) is 0.543. The minimum atomic E-state index is -0.454. The largest absolute Gasteiger partial charge is 0.508 e. The Morgan fingerprint density at radius 2 is 1.54 bits per heavy atom. The molecule has 0 aliphatic carbocycles. The van der Waals surface area contributed by atoms with Crippen LogP contribution in [-0.4, -0.2) is 26.6 Å². The highest BCUT2D eigenvalue weighted by Crippen LogP contribution is 2.31. The molecule has 72 valence electrons. The van der Waals surface area contributed by atoms with E-state index in [4.69, 9.17) is 15.3 Å². The van der Waals surface area contributed by atoms with Crippen LogP contribution in [0.5, 0.6) is 17.2 Å². The van der Waals surface area contributed by atoms with Gasteiger partial charge < -0.3 is 20.8 Å². The van der Waals surface area contributed by atoms with Crippen molar-refractivity contribution >= 4 is 5.78 Å². The maximum absolute atomic E-state index is 10.8.